The number of rotatable bonds is 5. The van der Waals surface area contributed by atoms with Gasteiger partial charge in [-0.3, -0.25) is 0 Å². The molecule has 1 aliphatic carbocycles. The number of hydrogen-bond acceptors (Lipinski definition) is 2. The van der Waals surface area contributed by atoms with Crippen molar-refractivity contribution in [3.05, 3.63) is 28.8 Å². The summed E-state index contributed by atoms with van der Waals surface area (Å²) in [6.45, 7) is 3.93. The minimum atomic E-state index is 0.714. The Labute approximate surface area is 109 Å². The third-order valence-electron chi connectivity index (χ3n) is 3.63. The molecule has 0 bridgehead atoms. The van der Waals surface area contributed by atoms with E-state index in [-0.39, 0.29) is 0 Å². The molecule has 1 aliphatic rings. The van der Waals surface area contributed by atoms with Crippen LogP contribution in [0.25, 0.3) is 0 Å². The topological polar surface area (TPSA) is 15.3 Å². The number of hydrogen-bond donors (Lipinski definition) is 1. The van der Waals surface area contributed by atoms with Crippen molar-refractivity contribution >= 4 is 17.3 Å². The number of nitrogens with one attached hydrogen (secondary N) is 1. The lowest BCUT2D eigenvalue weighted by Gasteiger charge is -2.36. The van der Waals surface area contributed by atoms with Crippen molar-refractivity contribution in [2.45, 2.75) is 38.8 Å². The van der Waals surface area contributed by atoms with Crippen molar-refractivity contribution in [1.29, 1.82) is 0 Å². The highest BCUT2D eigenvalue weighted by molar-refractivity contribution is 6.31. The van der Waals surface area contributed by atoms with Gasteiger partial charge in [-0.1, -0.05) is 24.6 Å². The second-order valence-corrected chi connectivity index (χ2v) is 5.16. The van der Waals surface area contributed by atoms with Crippen LogP contribution < -0.4 is 10.2 Å². The molecule has 0 heterocycles. The molecule has 1 saturated carbocycles. The third-order valence-corrected chi connectivity index (χ3v) is 3.98. The van der Waals surface area contributed by atoms with Crippen LogP contribution >= 0.6 is 11.6 Å². The van der Waals surface area contributed by atoms with Gasteiger partial charge in [-0.25, -0.2) is 0 Å². The monoisotopic (exact) mass is 252 g/mol. The fourth-order valence-corrected chi connectivity index (χ4v) is 2.39. The molecule has 1 aromatic carbocycles. The van der Waals surface area contributed by atoms with E-state index in [2.05, 4.69) is 42.4 Å². The highest BCUT2D eigenvalue weighted by atomic mass is 35.5. The SMILES string of the molecule is CCNCc1ccc(N(C)C2CCC2)cc1Cl. The van der Waals surface area contributed by atoms with Crippen LogP contribution in [0, 0.1) is 0 Å². The number of nitrogens with zero attached hydrogens (tertiary/aromatic N) is 1. The Morgan fingerprint density at radius 1 is 1.41 bits per heavy atom. The molecule has 1 fully saturated rings. The molecular weight excluding hydrogens is 232 g/mol. The minimum absolute atomic E-state index is 0.714. The zero-order valence-corrected chi connectivity index (χ0v) is 11.4. The first-order valence-electron chi connectivity index (χ1n) is 6.44. The normalized spacial score (nSPS) is 15.7. The fourth-order valence-electron chi connectivity index (χ4n) is 2.14. The van der Waals surface area contributed by atoms with E-state index in [0.29, 0.717) is 6.04 Å². The molecule has 1 N–H and O–H groups in total. The number of anilines is 1. The second kappa shape index (κ2) is 5.74. The summed E-state index contributed by atoms with van der Waals surface area (Å²) >= 11 is 6.31. The Balaban J connectivity index is 2.06. The minimum Gasteiger partial charge on any atom is -0.372 e. The molecule has 0 aliphatic heterocycles. The molecule has 0 amide bonds. The molecule has 0 radical (unpaired) electrons. The van der Waals surface area contributed by atoms with Crippen molar-refractivity contribution < 1.29 is 0 Å². The molecule has 3 heteroatoms. The molecule has 0 unspecified atom stereocenters. The van der Waals surface area contributed by atoms with Gasteiger partial charge in [0.2, 0.25) is 0 Å². The zero-order chi connectivity index (χ0) is 12.3. The van der Waals surface area contributed by atoms with Crippen LogP contribution in [0.1, 0.15) is 31.7 Å². The van der Waals surface area contributed by atoms with E-state index < -0.39 is 0 Å². The predicted octanol–water partition coefficient (Wildman–Crippen LogP) is 3.44. The Morgan fingerprint density at radius 2 is 2.18 bits per heavy atom. The summed E-state index contributed by atoms with van der Waals surface area (Å²) in [6, 6.07) is 7.12. The van der Waals surface area contributed by atoms with Gasteiger partial charge in [0, 0.05) is 30.3 Å². The van der Waals surface area contributed by atoms with Crippen molar-refractivity contribution in [3.8, 4) is 0 Å². The van der Waals surface area contributed by atoms with Gasteiger partial charge in [0.25, 0.3) is 0 Å². The summed E-state index contributed by atoms with van der Waals surface area (Å²) in [4.78, 5) is 2.35. The molecule has 0 atom stereocenters. The maximum absolute atomic E-state index is 6.31. The van der Waals surface area contributed by atoms with Crippen LogP contribution in [0.4, 0.5) is 5.69 Å². The molecule has 0 saturated heterocycles. The molecular formula is C14H21ClN2. The van der Waals surface area contributed by atoms with Crippen molar-refractivity contribution in [2.75, 3.05) is 18.5 Å². The van der Waals surface area contributed by atoms with Crippen LogP contribution in [0.3, 0.4) is 0 Å². The summed E-state index contributed by atoms with van der Waals surface area (Å²) < 4.78 is 0. The lowest BCUT2D eigenvalue weighted by atomic mass is 9.91. The smallest absolute Gasteiger partial charge is 0.0471 e. The van der Waals surface area contributed by atoms with Crippen LogP contribution in [0.5, 0.6) is 0 Å². The molecule has 2 rings (SSSR count). The van der Waals surface area contributed by atoms with Gasteiger partial charge in [0.1, 0.15) is 0 Å². The maximum Gasteiger partial charge on any atom is 0.0471 e. The van der Waals surface area contributed by atoms with Crippen LogP contribution in [0.2, 0.25) is 5.02 Å². The lowest BCUT2D eigenvalue weighted by Crippen LogP contribution is -2.37. The van der Waals surface area contributed by atoms with Gasteiger partial charge >= 0.3 is 0 Å². The Hall–Kier alpha value is -0.730. The summed E-state index contributed by atoms with van der Waals surface area (Å²) in [5.41, 5.74) is 2.42. The average molecular weight is 253 g/mol. The van der Waals surface area contributed by atoms with E-state index in [4.69, 9.17) is 11.6 Å². The fraction of sp³-hybridized carbons (Fsp3) is 0.571. The van der Waals surface area contributed by atoms with E-state index in [1.807, 2.05) is 0 Å². The standard InChI is InChI=1S/C14H21ClN2/c1-3-16-10-11-7-8-13(9-14(11)15)17(2)12-5-4-6-12/h7-9,12,16H,3-6,10H2,1-2H3. The van der Waals surface area contributed by atoms with Crippen molar-refractivity contribution in [2.24, 2.45) is 0 Å². The number of benzene rings is 1. The average Bonchev–Trinajstić information content (AvgIpc) is 2.25. The largest absolute Gasteiger partial charge is 0.372 e. The number of halogens is 1. The lowest BCUT2D eigenvalue weighted by molar-refractivity contribution is 0.401. The zero-order valence-electron chi connectivity index (χ0n) is 10.7. The van der Waals surface area contributed by atoms with E-state index in [0.717, 1.165) is 18.1 Å². The van der Waals surface area contributed by atoms with Gasteiger partial charge in [0.15, 0.2) is 0 Å². The first-order chi connectivity index (χ1) is 8.22. The first kappa shape index (κ1) is 12.7. The van der Waals surface area contributed by atoms with Gasteiger partial charge < -0.3 is 10.2 Å². The third kappa shape index (κ3) is 2.93. The highest BCUT2D eigenvalue weighted by Gasteiger charge is 2.22. The van der Waals surface area contributed by atoms with Gasteiger partial charge in [-0.15, -0.1) is 0 Å². The summed E-state index contributed by atoms with van der Waals surface area (Å²) in [6.07, 6.45) is 3.99. The van der Waals surface area contributed by atoms with E-state index in [1.54, 1.807) is 0 Å². The molecule has 0 spiro atoms. The van der Waals surface area contributed by atoms with Crippen LogP contribution in [0.15, 0.2) is 18.2 Å². The van der Waals surface area contributed by atoms with Crippen LogP contribution in [-0.4, -0.2) is 19.6 Å². The molecule has 2 nitrogen and oxygen atoms in total. The van der Waals surface area contributed by atoms with Gasteiger partial charge in [-0.05, 0) is 43.5 Å². The van der Waals surface area contributed by atoms with E-state index in [9.17, 15) is 0 Å². The first-order valence-corrected chi connectivity index (χ1v) is 6.82. The maximum atomic E-state index is 6.31. The second-order valence-electron chi connectivity index (χ2n) is 4.75. The quantitative estimate of drug-likeness (QED) is 0.864. The molecule has 1 aromatic rings. The van der Waals surface area contributed by atoms with Gasteiger partial charge in [-0.2, -0.15) is 0 Å². The van der Waals surface area contributed by atoms with Gasteiger partial charge in [0.05, 0.1) is 0 Å². The van der Waals surface area contributed by atoms with E-state index in [1.165, 1.54) is 30.5 Å². The molecule has 0 aromatic heterocycles. The summed E-state index contributed by atoms with van der Waals surface area (Å²) in [7, 11) is 2.17. The Bertz CT molecular complexity index is 374. The predicted molar refractivity (Wildman–Crippen MR) is 74.9 cm³/mol. The Kier molecular flexibility index (Phi) is 4.30. The summed E-state index contributed by atoms with van der Waals surface area (Å²) in [5, 5.41) is 4.17. The molecule has 94 valence electrons. The molecule has 17 heavy (non-hydrogen) atoms. The van der Waals surface area contributed by atoms with E-state index >= 15 is 0 Å². The van der Waals surface area contributed by atoms with Crippen molar-refractivity contribution in [3.63, 3.8) is 0 Å². The van der Waals surface area contributed by atoms with Crippen molar-refractivity contribution in [1.82, 2.24) is 5.32 Å². The highest BCUT2D eigenvalue weighted by Crippen LogP contribution is 2.30. The summed E-state index contributed by atoms with van der Waals surface area (Å²) in [5.74, 6) is 0. The van der Waals surface area contributed by atoms with Crippen LogP contribution in [-0.2, 0) is 6.54 Å². The Morgan fingerprint density at radius 3 is 2.71 bits per heavy atom.